The molecule has 1 N–H and O–H groups in total. The molecule has 1 amide bonds. The van der Waals surface area contributed by atoms with Gasteiger partial charge < -0.3 is 9.88 Å². The SMILES string of the molecule is Cc1cc(C)nc([C@H]2CCN(C(=O)c3cc4c([nH]c3=O)CCC4)C2)n1. The van der Waals surface area contributed by atoms with Crippen LogP contribution < -0.4 is 5.56 Å². The van der Waals surface area contributed by atoms with E-state index in [-0.39, 0.29) is 22.9 Å². The van der Waals surface area contributed by atoms with Crippen molar-refractivity contribution in [3.63, 3.8) is 0 Å². The predicted octanol–water partition coefficient (Wildman–Crippen LogP) is 1.90. The third-order valence-electron chi connectivity index (χ3n) is 5.16. The number of aromatic amines is 1. The molecule has 0 radical (unpaired) electrons. The van der Waals surface area contributed by atoms with Crippen LogP contribution in [0.1, 0.15) is 57.6 Å². The van der Waals surface area contributed by atoms with Gasteiger partial charge >= 0.3 is 0 Å². The minimum Gasteiger partial charge on any atom is -0.338 e. The fourth-order valence-corrected chi connectivity index (χ4v) is 3.93. The summed E-state index contributed by atoms with van der Waals surface area (Å²) in [4.78, 5) is 38.8. The third-order valence-corrected chi connectivity index (χ3v) is 5.16. The van der Waals surface area contributed by atoms with Gasteiger partial charge in [0.1, 0.15) is 11.4 Å². The zero-order valence-corrected chi connectivity index (χ0v) is 14.6. The molecule has 130 valence electrons. The Labute approximate surface area is 146 Å². The molecule has 25 heavy (non-hydrogen) atoms. The molecule has 1 aliphatic heterocycles. The molecule has 2 aromatic heterocycles. The quantitative estimate of drug-likeness (QED) is 0.907. The molecule has 0 spiro atoms. The summed E-state index contributed by atoms with van der Waals surface area (Å²) >= 11 is 0. The second kappa shape index (κ2) is 6.10. The standard InChI is InChI=1S/C19H22N4O2/c1-11-8-12(2)21-17(20-11)14-6-7-23(10-14)19(25)15-9-13-4-3-5-16(13)22-18(15)24/h8-9,14H,3-7,10H2,1-2H3,(H,22,24)/t14-/m0/s1. The second-order valence-electron chi connectivity index (χ2n) is 7.12. The number of nitrogens with zero attached hydrogens (tertiary/aromatic N) is 3. The lowest BCUT2D eigenvalue weighted by Gasteiger charge is -2.16. The summed E-state index contributed by atoms with van der Waals surface area (Å²) in [5, 5.41) is 0. The molecule has 3 heterocycles. The summed E-state index contributed by atoms with van der Waals surface area (Å²) < 4.78 is 0. The highest BCUT2D eigenvalue weighted by Gasteiger charge is 2.31. The van der Waals surface area contributed by atoms with Crippen LogP contribution in [0.5, 0.6) is 0 Å². The first-order chi connectivity index (χ1) is 12.0. The Hall–Kier alpha value is -2.50. The van der Waals surface area contributed by atoms with Crippen LogP contribution in [0.25, 0.3) is 0 Å². The van der Waals surface area contributed by atoms with E-state index in [2.05, 4.69) is 15.0 Å². The number of hydrogen-bond acceptors (Lipinski definition) is 4. The summed E-state index contributed by atoms with van der Waals surface area (Å²) in [5.41, 5.74) is 3.99. The summed E-state index contributed by atoms with van der Waals surface area (Å²) in [6, 6.07) is 3.75. The topological polar surface area (TPSA) is 79.0 Å². The first-order valence-corrected chi connectivity index (χ1v) is 8.88. The van der Waals surface area contributed by atoms with Crippen LogP contribution in [0.15, 0.2) is 16.9 Å². The van der Waals surface area contributed by atoms with Crippen molar-refractivity contribution in [3.8, 4) is 0 Å². The number of aryl methyl sites for hydroxylation is 4. The van der Waals surface area contributed by atoms with Crippen molar-refractivity contribution >= 4 is 5.91 Å². The van der Waals surface area contributed by atoms with E-state index >= 15 is 0 Å². The zero-order valence-electron chi connectivity index (χ0n) is 14.6. The predicted molar refractivity (Wildman–Crippen MR) is 93.9 cm³/mol. The van der Waals surface area contributed by atoms with Gasteiger partial charge in [0.15, 0.2) is 0 Å². The van der Waals surface area contributed by atoms with Gasteiger partial charge in [-0.2, -0.15) is 0 Å². The molecule has 2 aromatic rings. The lowest BCUT2D eigenvalue weighted by Crippen LogP contribution is -2.33. The number of carbonyl (C=O) groups is 1. The molecule has 1 aliphatic carbocycles. The number of carbonyl (C=O) groups excluding carboxylic acids is 1. The minimum atomic E-state index is -0.267. The average molecular weight is 338 g/mol. The normalized spacial score (nSPS) is 19.3. The maximum absolute atomic E-state index is 12.8. The number of fused-ring (bicyclic) bond motifs is 1. The van der Waals surface area contributed by atoms with Gasteiger partial charge in [0, 0.05) is 36.1 Å². The summed E-state index contributed by atoms with van der Waals surface area (Å²) in [6.07, 6.45) is 3.70. The van der Waals surface area contributed by atoms with E-state index in [1.807, 2.05) is 19.9 Å². The highest BCUT2D eigenvalue weighted by Crippen LogP contribution is 2.26. The number of likely N-dealkylation sites (tertiary alicyclic amines) is 1. The molecule has 6 nitrogen and oxygen atoms in total. The molecule has 0 bridgehead atoms. The van der Waals surface area contributed by atoms with Gasteiger partial charge in [0.05, 0.1) is 0 Å². The Morgan fingerprint density at radius 1 is 1.20 bits per heavy atom. The molecule has 1 saturated heterocycles. The number of rotatable bonds is 2. The van der Waals surface area contributed by atoms with Crippen LogP contribution in [0.2, 0.25) is 0 Å². The highest BCUT2D eigenvalue weighted by molar-refractivity contribution is 5.94. The monoisotopic (exact) mass is 338 g/mol. The molecule has 0 aromatic carbocycles. The minimum absolute atomic E-state index is 0.135. The molecular formula is C19H22N4O2. The Morgan fingerprint density at radius 3 is 2.72 bits per heavy atom. The van der Waals surface area contributed by atoms with Crippen LogP contribution in [0, 0.1) is 13.8 Å². The molecular weight excluding hydrogens is 316 g/mol. The second-order valence-corrected chi connectivity index (χ2v) is 7.12. The smallest absolute Gasteiger partial charge is 0.261 e. The van der Waals surface area contributed by atoms with E-state index in [4.69, 9.17) is 0 Å². The number of hydrogen-bond donors (Lipinski definition) is 1. The number of amides is 1. The van der Waals surface area contributed by atoms with Gasteiger partial charge in [-0.3, -0.25) is 9.59 Å². The van der Waals surface area contributed by atoms with Gasteiger partial charge in [-0.1, -0.05) is 0 Å². The van der Waals surface area contributed by atoms with Crippen molar-refractivity contribution in [1.82, 2.24) is 19.9 Å². The van der Waals surface area contributed by atoms with Crippen molar-refractivity contribution in [1.29, 1.82) is 0 Å². The fraction of sp³-hybridized carbons (Fsp3) is 0.474. The average Bonchev–Trinajstić information content (AvgIpc) is 3.21. The number of nitrogens with one attached hydrogen (secondary N) is 1. The number of pyridine rings is 1. The Morgan fingerprint density at radius 2 is 1.96 bits per heavy atom. The van der Waals surface area contributed by atoms with Crippen LogP contribution in [0.3, 0.4) is 0 Å². The summed E-state index contributed by atoms with van der Waals surface area (Å²) in [7, 11) is 0. The Balaban J connectivity index is 1.56. The van der Waals surface area contributed by atoms with E-state index in [1.54, 1.807) is 11.0 Å². The van der Waals surface area contributed by atoms with Gasteiger partial charge in [0.25, 0.3) is 11.5 Å². The van der Waals surface area contributed by atoms with Crippen LogP contribution in [0.4, 0.5) is 0 Å². The Bertz CT molecular complexity index is 883. The number of H-pyrrole nitrogens is 1. The summed E-state index contributed by atoms with van der Waals surface area (Å²) in [5.74, 6) is 0.759. The van der Waals surface area contributed by atoms with E-state index in [9.17, 15) is 9.59 Å². The molecule has 1 atom stereocenters. The fourth-order valence-electron chi connectivity index (χ4n) is 3.93. The highest BCUT2D eigenvalue weighted by atomic mass is 16.2. The van der Waals surface area contributed by atoms with Gasteiger partial charge in [-0.05, 0) is 57.2 Å². The van der Waals surface area contributed by atoms with Gasteiger partial charge in [0.2, 0.25) is 0 Å². The Kier molecular flexibility index (Phi) is 3.90. The van der Waals surface area contributed by atoms with Crippen molar-refractivity contribution < 1.29 is 4.79 Å². The maximum atomic E-state index is 12.8. The van der Waals surface area contributed by atoms with E-state index in [0.29, 0.717) is 13.1 Å². The van der Waals surface area contributed by atoms with Crippen molar-refractivity contribution in [2.45, 2.75) is 45.4 Å². The maximum Gasteiger partial charge on any atom is 0.261 e. The first kappa shape index (κ1) is 16.0. The molecule has 4 rings (SSSR count). The van der Waals surface area contributed by atoms with Crippen molar-refractivity contribution in [3.05, 3.63) is 56.5 Å². The largest absolute Gasteiger partial charge is 0.338 e. The van der Waals surface area contributed by atoms with Crippen LogP contribution in [-0.4, -0.2) is 38.8 Å². The molecule has 1 fully saturated rings. The lowest BCUT2D eigenvalue weighted by molar-refractivity contribution is 0.0788. The molecule has 0 saturated carbocycles. The van der Waals surface area contributed by atoms with E-state index in [0.717, 1.165) is 54.2 Å². The molecule has 6 heteroatoms. The van der Waals surface area contributed by atoms with E-state index in [1.165, 1.54) is 0 Å². The molecule has 0 unspecified atom stereocenters. The van der Waals surface area contributed by atoms with Crippen molar-refractivity contribution in [2.24, 2.45) is 0 Å². The van der Waals surface area contributed by atoms with Crippen LogP contribution >= 0.6 is 0 Å². The molecule has 2 aliphatic rings. The summed E-state index contributed by atoms with van der Waals surface area (Å²) in [6.45, 7) is 5.12. The van der Waals surface area contributed by atoms with Gasteiger partial charge in [-0.25, -0.2) is 9.97 Å². The van der Waals surface area contributed by atoms with Crippen LogP contribution in [-0.2, 0) is 12.8 Å². The van der Waals surface area contributed by atoms with Crippen molar-refractivity contribution in [2.75, 3.05) is 13.1 Å². The van der Waals surface area contributed by atoms with E-state index < -0.39 is 0 Å². The third kappa shape index (κ3) is 2.97. The first-order valence-electron chi connectivity index (χ1n) is 8.88. The number of aromatic nitrogens is 3. The lowest BCUT2D eigenvalue weighted by atomic mass is 10.1. The zero-order chi connectivity index (χ0) is 17.6. The van der Waals surface area contributed by atoms with Gasteiger partial charge in [-0.15, -0.1) is 0 Å².